The van der Waals surface area contributed by atoms with Crippen molar-refractivity contribution in [2.24, 2.45) is 5.41 Å². The van der Waals surface area contributed by atoms with Gasteiger partial charge in [-0.25, -0.2) is 4.98 Å². The van der Waals surface area contributed by atoms with Gasteiger partial charge in [0.25, 0.3) is 0 Å². The van der Waals surface area contributed by atoms with Crippen LogP contribution in [0.4, 0.5) is 11.5 Å². The molecule has 0 bridgehead atoms. The lowest BCUT2D eigenvalue weighted by molar-refractivity contribution is 0.220. The zero-order valence-corrected chi connectivity index (χ0v) is 10.2. The molecule has 0 aromatic carbocycles. The van der Waals surface area contributed by atoms with Gasteiger partial charge in [0.05, 0.1) is 5.69 Å². The minimum atomic E-state index is -0.0232. The Labute approximate surface area is 101 Å². The van der Waals surface area contributed by atoms with Crippen molar-refractivity contribution in [3.8, 4) is 6.07 Å². The fourth-order valence-corrected chi connectivity index (χ4v) is 1.38. The molecule has 0 saturated heterocycles. The number of aliphatic hydroxyl groups is 1. The number of aromatic nitrogens is 1. The number of pyridine rings is 1. The number of nitrogens with two attached hydrogens (primary N) is 1. The van der Waals surface area contributed by atoms with E-state index in [1.165, 1.54) is 0 Å². The fourth-order valence-electron chi connectivity index (χ4n) is 1.38. The molecule has 0 radical (unpaired) electrons. The van der Waals surface area contributed by atoms with E-state index in [4.69, 9.17) is 16.1 Å². The molecule has 1 heterocycles. The lowest BCUT2D eigenvalue weighted by Crippen LogP contribution is -2.24. The van der Waals surface area contributed by atoms with Crippen LogP contribution in [0.5, 0.6) is 0 Å². The third-order valence-electron chi connectivity index (χ3n) is 2.57. The second kappa shape index (κ2) is 5.51. The first-order valence-electron chi connectivity index (χ1n) is 5.50. The molecule has 0 aliphatic heterocycles. The average Bonchev–Trinajstić information content (AvgIpc) is 2.28. The highest BCUT2D eigenvalue weighted by Gasteiger charge is 2.17. The standard InChI is InChI=1S/C12H18N4O/c1-12(2,5-6-17)8-15-11-4-3-9(14)10(7-13)16-11/h3-4,17H,5-6,8,14H2,1-2H3,(H,15,16). The summed E-state index contributed by atoms with van der Waals surface area (Å²) < 4.78 is 0. The molecular formula is C12H18N4O. The first-order valence-corrected chi connectivity index (χ1v) is 5.50. The molecule has 5 nitrogen and oxygen atoms in total. The number of nitrogen functional groups attached to an aromatic ring is 1. The van der Waals surface area contributed by atoms with Crippen LogP contribution in [0.1, 0.15) is 26.0 Å². The van der Waals surface area contributed by atoms with E-state index in [1.54, 1.807) is 12.1 Å². The van der Waals surface area contributed by atoms with Crippen molar-refractivity contribution in [3.63, 3.8) is 0 Å². The van der Waals surface area contributed by atoms with Gasteiger partial charge in [-0.2, -0.15) is 5.26 Å². The molecule has 1 aromatic rings. The Morgan fingerprint density at radius 2 is 2.24 bits per heavy atom. The summed E-state index contributed by atoms with van der Waals surface area (Å²) in [4.78, 5) is 4.09. The molecule has 5 heteroatoms. The van der Waals surface area contributed by atoms with Gasteiger partial charge < -0.3 is 16.2 Å². The van der Waals surface area contributed by atoms with E-state index in [0.29, 0.717) is 24.5 Å². The minimum absolute atomic E-state index is 0.0232. The van der Waals surface area contributed by atoms with Crippen molar-refractivity contribution in [2.45, 2.75) is 20.3 Å². The molecule has 0 unspecified atom stereocenters. The van der Waals surface area contributed by atoms with E-state index < -0.39 is 0 Å². The molecule has 92 valence electrons. The molecule has 0 atom stereocenters. The molecule has 0 saturated carbocycles. The van der Waals surface area contributed by atoms with Crippen molar-refractivity contribution in [2.75, 3.05) is 24.2 Å². The van der Waals surface area contributed by atoms with Gasteiger partial charge in [0.15, 0.2) is 5.69 Å². The number of nitrogens with one attached hydrogen (secondary N) is 1. The average molecular weight is 234 g/mol. The fraction of sp³-hybridized carbons (Fsp3) is 0.500. The molecule has 0 amide bonds. The Morgan fingerprint density at radius 1 is 1.53 bits per heavy atom. The van der Waals surface area contributed by atoms with Crippen LogP contribution in [0.2, 0.25) is 0 Å². The first-order chi connectivity index (χ1) is 7.98. The maximum absolute atomic E-state index is 8.91. The number of rotatable bonds is 5. The molecule has 0 aliphatic rings. The third-order valence-corrected chi connectivity index (χ3v) is 2.57. The van der Waals surface area contributed by atoms with Gasteiger partial charge in [0.2, 0.25) is 0 Å². The summed E-state index contributed by atoms with van der Waals surface area (Å²) >= 11 is 0. The van der Waals surface area contributed by atoms with Crippen molar-refractivity contribution in [3.05, 3.63) is 17.8 Å². The van der Waals surface area contributed by atoms with Crippen LogP contribution in [0.3, 0.4) is 0 Å². The first kappa shape index (κ1) is 13.3. The number of aliphatic hydroxyl groups excluding tert-OH is 1. The van der Waals surface area contributed by atoms with Gasteiger partial charge >= 0.3 is 0 Å². The summed E-state index contributed by atoms with van der Waals surface area (Å²) in [6.07, 6.45) is 0.708. The van der Waals surface area contributed by atoms with Crippen LogP contribution >= 0.6 is 0 Å². The smallest absolute Gasteiger partial charge is 0.165 e. The molecule has 0 aliphatic carbocycles. The Hall–Kier alpha value is -1.80. The van der Waals surface area contributed by atoms with Gasteiger partial charge in [0, 0.05) is 13.2 Å². The number of nitriles is 1. The maximum atomic E-state index is 8.91. The second-order valence-electron chi connectivity index (χ2n) is 4.74. The molecular weight excluding hydrogens is 216 g/mol. The summed E-state index contributed by atoms with van der Waals surface area (Å²) in [7, 11) is 0. The van der Waals surface area contributed by atoms with Crippen LogP contribution < -0.4 is 11.1 Å². The van der Waals surface area contributed by atoms with Crippen molar-refractivity contribution in [1.29, 1.82) is 5.26 Å². The van der Waals surface area contributed by atoms with Gasteiger partial charge in [0.1, 0.15) is 11.9 Å². The number of hydrogen-bond donors (Lipinski definition) is 3. The largest absolute Gasteiger partial charge is 0.396 e. The lowest BCUT2D eigenvalue weighted by atomic mass is 9.90. The molecule has 1 rings (SSSR count). The highest BCUT2D eigenvalue weighted by Crippen LogP contribution is 2.20. The van der Waals surface area contributed by atoms with Gasteiger partial charge in [-0.15, -0.1) is 0 Å². The van der Waals surface area contributed by atoms with Gasteiger partial charge in [-0.1, -0.05) is 13.8 Å². The van der Waals surface area contributed by atoms with E-state index in [0.717, 1.165) is 0 Å². The Morgan fingerprint density at radius 3 is 2.82 bits per heavy atom. The quantitative estimate of drug-likeness (QED) is 0.715. The molecule has 4 N–H and O–H groups in total. The zero-order valence-electron chi connectivity index (χ0n) is 10.2. The molecule has 0 fully saturated rings. The van der Waals surface area contributed by atoms with Gasteiger partial charge in [-0.05, 0) is 24.0 Å². The van der Waals surface area contributed by atoms with Crippen LogP contribution in [0.25, 0.3) is 0 Å². The molecule has 0 spiro atoms. The number of nitrogens with zero attached hydrogens (tertiary/aromatic N) is 2. The Kier molecular flexibility index (Phi) is 4.30. The highest BCUT2D eigenvalue weighted by molar-refractivity contribution is 5.54. The maximum Gasteiger partial charge on any atom is 0.165 e. The highest BCUT2D eigenvalue weighted by atomic mass is 16.3. The van der Waals surface area contributed by atoms with Crippen LogP contribution in [-0.4, -0.2) is 23.2 Å². The van der Waals surface area contributed by atoms with E-state index in [-0.39, 0.29) is 17.7 Å². The van der Waals surface area contributed by atoms with Crippen LogP contribution in [0.15, 0.2) is 12.1 Å². The monoisotopic (exact) mass is 234 g/mol. The van der Waals surface area contributed by atoms with Crippen molar-refractivity contribution >= 4 is 11.5 Å². The SMILES string of the molecule is CC(C)(CCO)CNc1ccc(N)c(C#N)n1. The van der Waals surface area contributed by atoms with Crippen LogP contribution in [0, 0.1) is 16.7 Å². The van der Waals surface area contributed by atoms with Crippen molar-refractivity contribution < 1.29 is 5.11 Å². The summed E-state index contributed by atoms with van der Waals surface area (Å²) in [5.74, 6) is 0.627. The summed E-state index contributed by atoms with van der Waals surface area (Å²) in [6.45, 7) is 4.94. The Balaban J connectivity index is 2.67. The topological polar surface area (TPSA) is 95.0 Å². The van der Waals surface area contributed by atoms with Crippen LogP contribution in [-0.2, 0) is 0 Å². The predicted octanol–water partition coefficient (Wildman–Crippen LogP) is 1.36. The third kappa shape index (κ3) is 3.93. The van der Waals surface area contributed by atoms with E-state index >= 15 is 0 Å². The summed E-state index contributed by atoms with van der Waals surface area (Å²) in [6, 6.07) is 5.34. The van der Waals surface area contributed by atoms with Gasteiger partial charge in [-0.3, -0.25) is 0 Å². The lowest BCUT2D eigenvalue weighted by Gasteiger charge is -2.24. The molecule has 1 aromatic heterocycles. The zero-order chi connectivity index (χ0) is 12.9. The molecule has 17 heavy (non-hydrogen) atoms. The van der Waals surface area contributed by atoms with Crippen molar-refractivity contribution in [1.82, 2.24) is 4.98 Å². The summed E-state index contributed by atoms with van der Waals surface area (Å²) in [5, 5.41) is 20.9. The predicted molar refractivity (Wildman–Crippen MR) is 67.3 cm³/mol. The van der Waals surface area contributed by atoms with E-state index in [9.17, 15) is 0 Å². The number of hydrogen-bond acceptors (Lipinski definition) is 5. The van der Waals surface area contributed by atoms with E-state index in [1.807, 2.05) is 6.07 Å². The summed E-state index contributed by atoms with van der Waals surface area (Å²) in [5.41, 5.74) is 6.17. The second-order valence-corrected chi connectivity index (χ2v) is 4.74. The Bertz CT molecular complexity index is 423. The minimum Gasteiger partial charge on any atom is -0.396 e. The normalized spacial score (nSPS) is 10.9. The number of anilines is 2. The van der Waals surface area contributed by atoms with E-state index in [2.05, 4.69) is 24.1 Å².